The minimum Gasteiger partial charge on any atom is -0.326 e. The van der Waals surface area contributed by atoms with Gasteiger partial charge in [-0.1, -0.05) is 6.07 Å². The molecule has 5 nitrogen and oxygen atoms in total. The maximum atomic E-state index is 13.0. The summed E-state index contributed by atoms with van der Waals surface area (Å²) in [6.07, 6.45) is -4.65. The van der Waals surface area contributed by atoms with E-state index in [1.165, 1.54) is 13.1 Å². The second-order valence-corrected chi connectivity index (χ2v) is 4.93. The van der Waals surface area contributed by atoms with E-state index in [-0.39, 0.29) is 11.9 Å². The number of halogens is 3. The van der Waals surface area contributed by atoms with Gasteiger partial charge in [0.1, 0.15) is 0 Å². The molecule has 114 valence electrons. The van der Waals surface area contributed by atoms with Gasteiger partial charge in [-0.25, -0.2) is 4.79 Å². The van der Waals surface area contributed by atoms with Crippen molar-refractivity contribution in [2.45, 2.75) is 25.7 Å². The zero-order chi connectivity index (χ0) is 15.9. The Bertz CT molecular complexity index is 803. The molecule has 2 aromatic rings. The Morgan fingerprint density at radius 2 is 1.90 bits per heavy atom. The lowest BCUT2D eigenvalue weighted by atomic mass is 10.1. The van der Waals surface area contributed by atoms with Crippen molar-refractivity contribution in [3.05, 3.63) is 44.6 Å². The van der Waals surface area contributed by atoms with Crippen molar-refractivity contribution in [1.29, 1.82) is 0 Å². The Morgan fingerprint density at radius 1 is 1.29 bits per heavy atom. The Hall–Kier alpha value is -2.09. The van der Waals surface area contributed by atoms with Gasteiger partial charge >= 0.3 is 11.9 Å². The molecule has 0 radical (unpaired) electrons. The number of nitrogens with zero attached hydrogens (tertiary/aromatic N) is 2. The van der Waals surface area contributed by atoms with Gasteiger partial charge in [0.05, 0.1) is 16.5 Å². The van der Waals surface area contributed by atoms with E-state index in [0.717, 1.165) is 21.3 Å². The highest BCUT2D eigenvalue weighted by Gasteiger charge is 2.34. The van der Waals surface area contributed by atoms with Crippen LogP contribution in [0.3, 0.4) is 0 Å². The van der Waals surface area contributed by atoms with Crippen LogP contribution in [-0.2, 0) is 19.8 Å². The van der Waals surface area contributed by atoms with Crippen LogP contribution in [0.25, 0.3) is 10.9 Å². The molecule has 0 spiro atoms. The standard InChI is InChI=1S/C13H14F3N3O2/c1-7(17)6-19-11(20)8-4-3-5-9(13(14,15)16)10(8)18(2)12(19)21/h3-5,7H,6,17H2,1-2H3. The zero-order valence-electron chi connectivity index (χ0n) is 11.4. The summed E-state index contributed by atoms with van der Waals surface area (Å²) in [5.74, 6) is 0. The van der Waals surface area contributed by atoms with Crippen LogP contribution in [0.4, 0.5) is 13.2 Å². The Kier molecular flexibility index (Phi) is 3.66. The first-order valence-corrected chi connectivity index (χ1v) is 6.20. The molecule has 0 saturated carbocycles. The minimum absolute atomic E-state index is 0.0578. The highest BCUT2D eigenvalue weighted by molar-refractivity contribution is 5.81. The third-order valence-corrected chi connectivity index (χ3v) is 3.14. The van der Waals surface area contributed by atoms with Crippen molar-refractivity contribution in [3.8, 4) is 0 Å². The Morgan fingerprint density at radius 3 is 2.43 bits per heavy atom. The SMILES string of the molecule is CC(N)Cn1c(=O)c2cccc(C(F)(F)F)c2n(C)c1=O. The minimum atomic E-state index is -4.65. The average molecular weight is 301 g/mol. The van der Waals surface area contributed by atoms with Crippen LogP contribution in [-0.4, -0.2) is 15.2 Å². The summed E-state index contributed by atoms with van der Waals surface area (Å²) >= 11 is 0. The number of rotatable bonds is 2. The van der Waals surface area contributed by atoms with E-state index < -0.39 is 34.5 Å². The fourth-order valence-corrected chi connectivity index (χ4v) is 2.26. The van der Waals surface area contributed by atoms with Crippen LogP contribution in [0, 0.1) is 0 Å². The van der Waals surface area contributed by atoms with Gasteiger partial charge in [-0.2, -0.15) is 13.2 Å². The fourth-order valence-electron chi connectivity index (χ4n) is 2.26. The molecule has 0 aliphatic carbocycles. The number of para-hydroxylation sites is 1. The van der Waals surface area contributed by atoms with Crippen LogP contribution in [0.5, 0.6) is 0 Å². The van der Waals surface area contributed by atoms with E-state index in [0.29, 0.717) is 0 Å². The molecule has 21 heavy (non-hydrogen) atoms. The summed E-state index contributed by atoms with van der Waals surface area (Å²) < 4.78 is 40.8. The molecule has 1 aromatic carbocycles. The summed E-state index contributed by atoms with van der Waals surface area (Å²) in [7, 11) is 1.21. The van der Waals surface area contributed by atoms with Gasteiger partial charge in [0, 0.05) is 19.6 Å². The number of hydrogen-bond donors (Lipinski definition) is 1. The molecule has 0 aliphatic rings. The van der Waals surface area contributed by atoms with E-state index in [2.05, 4.69) is 0 Å². The van der Waals surface area contributed by atoms with E-state index >= 15 is 0 Å². The molecular weight excluding hydrogens is 287 g/mol. The Labute approximate surface area is 117 Å². The first-order chi connectivity index (χ1) is 9.64. The monoisotopic (exact) mass is 301 g/mol. The van der Waals surface area contributed by atoms with Crippen molar-refractivity contribution < 1.29 is 13.2 Å². The zero-order valence-corrected chi connectivity index (χ0v) is 11.4. The van der Waals surface area contributed by atoms with Gasteiger partial charge in [-0.15, -0.1) is 0 Å². The third-order valence-electron chi connectivity index (χ3n) is 3.14. The van der Waals surface area contributed by atoms with E-state index in [1.807, 2.05) is 0 Å². The highest BCUT2D eigenvalue weighted by Crippen LogP contribution is 2.33. The Balaban J connectivity index is 2.96. The first kappa shape index (κ1) is 15.3. The molecule has 0 fully saturated rings. The summed E-state index contributed by atoms with van der Waals surface area (Å²) in [6.45, 7) is 1.54. The topological polar surface area (TPSA) is 70.0 Å². The molecule has 2 rings (SSSR count). The van der Waals surface area contributed by atoms with Gasteiger partial charge in [-0.05, 0) is 19.1 Å². The quantitative estimate of drug-likeness (QED) is 0.902. The highest BCUT2D eigenvalue weighted by atomic mass is 19.4. The molecule has 0 amide bonds. The molecule has 8 heteroatoms. The fraction of sp³-hybridized carbons (Fsp3) is 0.385. The normalized spacial score (nSPS) is 13.6. The number of alkyl halides is 3. The lowest BCUT2D eigenvalue weighted by Crippen LogP contribution is -2.43. The number of nitrogens with two attached hydrogens (primary N) is 1. The van der Waals surface area contributed by atoms with Crippen LogP contribution in [0.2, 0.25) is 0 Å². The van der Waals surface area contributed by atoms with Gasteiger partial charge in [-0.3, -0.25) is 13.9 Å². The van der Waals surface area contributed by atoms with Crippen molar-refractivity contribution in [2.75, 3.05) is 0 Å². The molecule has 0 aliphatic heterocycles. The molecule has 1 atom stereocenters. The van der Waals surface area contributed by atoms with Crippen LogP contribution in [0.1, 0.15) is 12.5 Å². The van der Waals surface area contributed by atoms with Crippen LogP contribution >= 0.6 is 0 Å². The maximum Gasteiger partial charge on any atom is 0.418 e. The predicted molar refractivity (Wildman–Crippen MR) is 72.1 cm³/mol. The first-order valence-electron chi connectivity index (χ1n) is 6.20. The number of aromatic nitrogens is 2. The van der Waals surface area contributed by atoms with E-state index in [9.17, 15) is 22.8 Å². The second-order valence-electron chi connectivity index (χ2n) is 4.93. The summed E-state index contributed by atoms with van der Waals surface area (Å²) in [5, 5.41) is -0.160. The summed E-state index contributed by atoms with van der Waals surface area (Å²) in [5.41, 5.74) is 2.56. The molecule has 1 heterocycles. The predicted octanol–water partition coefficient (Wildman–Crippen LogP) is 1.07. The molecular formula is C13H14F3N3O2. The van der Waals surface area contributed by atoms with Crippen molar-refractivity contribution >= 4 is 10.9 Å². The van der Waals surface area contributed by atoms with Crippen molar-refractivity contribution in [2.24, 2.45) is 12.8 Å². The molecule has 1 unspecified atom stereocenters. The van der Waals surface area contributed by atoms with E-state index in [1.54, 1.807) is 6.92 Å². The molecule has 2 N–H and O–H groups in total. The van der Waals surface area contributed by atoms with Gasteiger partial charge in [0.25, 0.3) is 5.56 Å². The lowest BCUT2D eigenvalue weighted by molar-refractivity contribution is -0.136. The summed E-state index contributed by atoms with van der Waals surface area (Å²) in [6, 6.07) is 2.78. The van der Waals surface area contributed by atoms with Crippen LogP contribution in [0.15, 0.2) is 27.8 Å². The lowest BCUT2D eigenvalue weighted by Gasteiger charge is -2.16. The van der Waals surface area contributed by atoms with Crippen LogP contribution < -0.4 is 17.0 Å². The number of benzene rings is 1. The maximum absolute atomic E-state index is 13.0. The molecule has 0 saturated heterocycles. The average Bonchev–Trinajstić information content (AvgIpc) is 2.39. The largest absolute Gasteiger partial charge is 0.418 e. The number of aryl methyl sites for hydroxylation is 1. The van der Waals surface area contributed by atoms with Crippen molar-refractivity contribution in [3.63, 3.8) is 0 Å². The summed E-state index contributed by atoms with van der Waals surface area (Å²) in [4.78, 5) is 24.4. The number of fused-ring (bicyclic) bond motifs is 1. The van der Waals surface area contributed by atoms with Crippen molar-refractivity contribution in [1.82, 2.24) is 9.13 Å². The second kappa shape index (κ2) is 5.03. The molecule has 1 aromatic heterocycles. The third kappa shape index (κ3) is 2.58. The van der Waals surface area contributed by atoms with E-state index in [4.69, 9.17) is 5.73 Å². The van der Waals surface area contributed by atoms with Gasteiger partial charge in [0.15, 0.2) is 0 Å². The molecule has 0 bridgehead atoms. The van der Waals surface area contributed by atoms with Gasteiger partial charge < -0.3 is 5.73 Å². The number of hydrogen-bond acceptors (Lipinski definition) is 3. The van der Waals surface area contributed by atoms with Gasteiger partial charge in [0.2, 0.25) is 0 Å². The smallest absolute Gasteiger partial charge is 0.326 e.